The third-order valence-electron chi connectivity index (χ3n) is 6.36. The number of hydrogen-bond donors (Lipinski definition) is 2. The Hall–Kier alpha value is -4.83. The molecule has 1 fully saturated rings. The molecular formula is C28H26N5O5+. The molecule has 2 heterocycles. The number of benzene rings is 3. The molecule has 0 unspecified atom stereocenters. The van der Waals surface area contributed by atoms with E-state index < -0.39 is 5.56 Å². The number of carbonyl (C=O) groups excluding carboxylic acids is 1. The van der Waals surface area contributed by atoms with Gasteiger partial charge in [0.05, 0.1) is 29.2 Å². The molecule has 1 amide bonds. The third-order valence-corrected chi connectivity index (χ3v) is 6.36. The van der Waals surface area contributed by atoms with Gasteiger partial charge >= 0.3 is 5.69 Å². The first kappa shape index (κ1) is 24.8. The fourth-order valence-electron chi connectivity index (χ4n) is 4.61. The van der Waals surface area contributed by atoms with Gasteiger partial charge in [-0.05, 0) is 42.0 Å². The monoisotopic (exact) mass is 512 g/mol. The molecule has 0 atom stereocenters. The van der Waals surface area contributed by atoms with E-state index in [2.05, 4.69) is 16.8 Å². The predicted octanol–water partition coefficient (Wildman–Crippen LogP) is 4.29. The van der Waals surface area contributed by atoms with Gasteiger partial charge in [-0.3, -0.25) is 9.59 Å². The SMILES string of the molecule is C=Cc1cc(NC(C)=O)cc(-c2nn(-c3cc(N4CCOCC4)ccc3[N+](=O)O)c(=O)c3ccccc23)c1. The number of rotatable bonds is 6. The van der Waals surface area contributed by atoms with Crippen molar-refractivity contribution in [3.8, 4) is 16.9 Å². The number of carbonyl (C=O) groups is 1. The van der Waals surface area contributed by atoms with E-state index in [0.29, 0.717) is 54.0 Å². The van der Waals surface area contributed by atoms with Crippen LogP contribution in [0.2, 0.25) is 0 Å². The summed E-state index contributed by atoms with van der Waals surface area (Å²) in [4.78, 5) is 39.4. The molecule has 1 aliphatic heterocycles. The summed E-state index contributed by atoms with van der Waals surface area (Å²) in [5.41, 5.74) is 2.68. The molecule has 1 aliphatic rings. The van der Waals surface area contributed by atoms with Crippen LogP contribution in [0.25, 0.3) is 33.8 Å². The Bertz CT molecular complexity index is 1640. The van der Waals surface area contributed by atoms with Gasteiger partial charge in [0.15, 0.2) is 5.69 Å². The molecule has 10 heteroatoms. The predicted molar refractivity (Wildman–Crippen MR) is 145 cm³/mol. The van der Waals surface area contributed by atoms with Crippen LogP contribution in [-0.2, 0) is 9.53 Å². The fourth-order valence-corrected chi connectivity index (χ4v) is 4.61. The average molecular weight is 513 g/mol. The first-order chi connectivity index (χ1) is 18.4. The van der Waals surface area contributed by atoms with Crippen LogP contribution >= 0.6 is 0 Å². The molecule has 38 heavy (non-hydrogen) atoms. The topological polar surface area (TPSA) is 117 Å². The number of aromatic nitrogens is 2. The lowest BCUT2D eigenvalue weighted by Crippen LogP contribution is -2.36. The van der Waals surface area contributed by atoms with Crippen LogP contribution in [0.1, 0.15) is 12.5 Å². The second kappa shape index (κ2) is 10.3. The summed E-state index contributed by atoms with van der Waals surface area (Å²) >= 11 is 0. The summed E-state index contributed by atoms with van der Waals surface area (Å²) in [6.07, 6.45) is 1.65. The van der Waals surface area contributed by atoms with Crippen LogP contribution < -0.4 is 15.8 Å². The number of nitrogens with one attached hydrogen (secondary N) is 1. The maximum atomic E-state index is 13.7. The lowest BCUT2D eigenvalue weighted by atomic mass is 10.0. The van der Waals surface area contributed by atoms with E-state index in [4.69, 9.17) is 9.84 Å². The Labute approximate surface area is 217 Å². The number of ether oxygens (including phenoxy) is 1. The Balaban J connectivity index is 1.78. The first-order valence-corrected chi connectivity index (χ1v) is 12.1. The van der Waals surface area contributed by atoms with Crippen molar-refractivity contribution in [3.05, 3.63) is 88.1 Å². The van der Waals surface area contributed by atoms with Crippen molar-refractivity contribution >= 4 is 39.8 Å². The smallest absolute Gasteiger partial charge is 0.342 e. The molecule has 2 N–H and O–H groups in total. The van der Waals surface area contributed by atoms with Crippen molar-refractivity contribution in [3.63, 3.8) is 0 Å². The van der Waals surface area contributed by atoms with Gasteiger partial charge in [-0.15, -0.1) is 0 Å². The quantitative estimate of drug-likeness (QED) is 0.370. The van der Waals surface area contributed by atoms with Gasteiger partial charge in [-0.1, -0.05) is 30.9 Å². The van der Waals surface area contributed by atoms with Crippen molar-refractivity contribution in [2.75, 3.05) is 36.5 Å². The maximum absolute atomic E-state index is 13.7. The van der Waals surface area contributed by atoms with E-state index in [-0.39, 0.29) is 22.2 Å². The van der Waals surface area contributed by atoms with Crippen molar-refractivity contribution < 1.29 is 19.7 Å². The van der Waals surface area contributed by atoms with E-state index in [0.717, 1.165) is 15.9 Å². The molecule has 192 valence electrons. The second-order valence-corrected chi connectivity index (χ2v) is 8.89. The Kier molecular flexibility index (Phi) is 6.71. The van der Waals surface area contributed by atoms with E-state index in [1.54, 1.807) is 54.6 Å². The zero-order valence-electron chi connectivity index (χ0n) is 20.8. The number of morpholine rings is 1. The number of hydrogen-bond acceptors (Lipinski definition) is 6. The van der Waals surface area contributed by atoms with Gasteiger partial charge < -0.3 is 15.0 Å². The molecule has 0 saturated carbocycles. The highest BCUT2D eigenvalue weighted by atomic mass is 16.6. The van der Waals surface area contributed by atoms with Crippen LogP contribution in [-0.4, -0.2) is 52.1 Å². The van der Waals surface area contributed by atoms with Gasteiger partial charge in [0, 0.05) is 48.4 Å². The number of amides is 1. The largest absolute Gasteiger partial charge is 0.378 e. The van der Waals surface area contributed by atoms with Crippen molar-refractivity contribution in [1.82, 2.24) is 9.78 Å². The van der Waals surface area contributed by atoms with Crippen molar-refractivity contribution in [2.45, 2.75) is 6.92 Å². The third kappa shape index (κ3) is 4.76. The standard InChI is InChI=1S/C28H25N5O5/c1-3-19-14-20(16-21(15-19)29-18(2)34)27-23-6-4-5-7-24(23)28(35)32(30-27)26-17-22(8-9-25(26)33(36)37)31-10-12-38-13-11-31/h3-9,14-17H,1,10-13H2,2H3,(H-,29,34,36,37)/p+1. The Morgan fingerprint density at radius 3 is 2.53 bits per heavy atom. The van der Waals surface area contributed by atoms with Crippen molar-refractivity contribution in [2.24, 2.45) is 0 Å². The molecule has 0 radical (unpaired) electrons. The highest BCUT2D eigenvalue weighted by molar-refractivity contribution is 5.96. The molecule has 10 nitrogen and oxygen atoms in total. The van der Waals surface area contributed by atoms with Crippen LogP contribution in [0.4, 0.5) is 17.1 Å². The Morgan fingerprint density at radius 1 is 1.11 bits per heavy atom. The summed E-state index contributed by atoms with van der Waals surface area (Å²) in [6.45, 7) is 7.66. The highest BCUT2D eigenvalue weighted by Crippen LogP contribution is 2.32. The molecule has 0 bridgehead atoms. The van der Waals surface area contributed by atoms with E-state index in [1.807, 2.05) is 6.07 Å². The molecule has 1 aromatic heterocycles. The minimum Gasteiger partial charge on any atom is -0.378 e. The average Bonchev–Trinajstić information content (AvgIpc) is 2.93. The lowest BCUT2D eigenvalue weighted by Gasteiger charge is -2.29. The summed E-state index contributed by atoms with van der Waals surface area (Å²) in [5, 5.41) is 18.4. The maximum Gasteiger partial charge on any atom is 0.342 e. The van der Waals surface area contributed by atoms with Gasteiger partial charge in [0.1, 0.15) is 0 Å². The molecule has 5 rings (SSSR count). The van der Waals surface area contributed by atoms with Gasteiger partial charge in [0.25, 0.3) is 10.5 Å². The minimum absolute atomic E-state index is 0.128. The molecule has 3 aromatic carbocycles. The van der Waals surface area contributed by atoms with Crippen molar-refractivity contribution in [1.29, 1.82) is 0 Å². The number of nitrogens with zero attached hydrogens (tertiary/aromatic N) is 4. The molecular weight excluding hydrogens is 486 g/mol. The Morgan fingerprint density at radius 2 is 1.84 bits per heavy atom. The highest BCUT2D eigenvalue weighted by Gasteiger charge is 2.26. The van der Waals surface area contributed by atoms with Crippen LogP contribution in [0, 0.1) is 4.91 Å². The summed E-state index contributed by atoms with van der Waals surface area (Å²) < 4.78 is 6.58. The molecule has 4 aromatic rings. The van der Waals surface area contributed by atoms with Gasteiger partial charge in [-0.25, -0.2) is 5.21 Å². The summed E-state index contributed by atoms with van der Waals surface area (Å²) in [7, 11) is 0. The molecule has 0 aliphatic carbocycles. The van der Waals surface area contributed by atoms with E-state index in [9.17, 15) is 19.7 Å². The fraction of sp³-hybridized carbons (Fsp3) is 0.179. The van der Waals surface area contributed by atoms with Gasteiger partial charge in [-0.2, -0.15) is 9.78 Å². The molecule has 0 spiro atoms. The van der Waals surface area contributed by atoms with Gasteiger partial charge in [0.2, 0.25) is 5.91 Å². The summed E-state index contributed by atoms with van der Waals surface area (Å²) in [5.74, 6) is -0.233. The first-order valence-electron chi connectivity index (χ1n) is 12.1. The number of anilines is 2. The zero-order valence-corrected chi connectivity index (χ0v) is 20.8. The van der Waals surface area contributed by atoms with E-state index in [1.165, 1.54) is 13.0 Å². The van der Waals surface area contributed by atoms with Crippen LogP contribution in [0.3, 0.4) is 0 Å². The van der Waals surface area contributed by atoms with Crippen LogP contribution in [0.15, 0.2) is 72.0 Å². The second-order valence-electron chi connectivity index (χ2n) is 8.89. The van der Waals surface area contributed by atoms with E-state index >= 15 is 0 Å². The normalized spacial score (nSPS) is 13.3. The van der Waals surface area contributed by atoms with Crippen LogP contribution in [0.5, 0.6) is 0 Å². The lowest BCUT2D eigenvalue weighted by molar-refractivity contribution is -0.729. The number of fused-ring (bicyclic) bond motifs is 1. The zero-order chi connectivity index (χ0) is 26.8. The molecule has 1 saturated heterocycles. The summed E-state index contributed by atoms with van der Waals surface area (Å²) in [6, 6.07) is 17.3. The minimum atomic E-state index is -0.450.